The molecule has 0 aromatic carbocycles. The van der Waals surface area contributed by atoms with Crippen LogP contribution in [0, 0.1) is 0 Å². The van der Waals surface area contributed by atoms with Gasteiger partial charge in [-0.25, -0.2) is 0 Å². The Hall–Kier alpha value is -1.40. The third-order valence-corrected chi connectivity index (χ3v) is 2.49. The number of H-pyrrole nitrogens is 1. The maximum absolute atomic E-state index is 10.8. The summed E-state index contributed by atoms with van der Waals surface area (Å²) in [6.07, 6.45) is 0. The van der Waals surface area contributed by atoms with Gasteiger partial charge in [-0.2, -0.15) is 5.10 Å². The molecule has 15 heavy (non-hydrogen) atoms. The van der Waals surface area contributed by atoms with Crippen molar-refractivity contribution in [2.24, 2.45) is 5.73 Å². The number of aromatic amines is 1. The third kappa shape index (κ3) is 2.54. The van der Waals surface area contributed by atoms with Crippen molar-refractivity contribution in [2.45, 2.75) is 6.54 Å². The lowest BCUT2D eigenvalue weighted by Gasteiger charge is -2.26. The summed E-state index contributed by atoms with van der Waals surface area (Å²) in [7, 11) is 0. The molecule has 0 saturated carbocycles. The van der Waals surface area contributed by atoms with Crippen LogP contribution in [0.4, 0.5) is 0 Å². The largest absolute Gasteiger partial charge is 0.364 e. The molecule has 0 bridgehead atoms. The lowest BCUT2D eigenvalue weighted by Crippen LogP contribution is -2.42. The Morgan fingerprint density at radius 1 is 1.53 bits per heavy atom. The van der Waals surface area contributed by atoms with Gasteiger partial charge >= 0.3 is 0 Å². The second kappa shape index (κ2) is 4.41. The minimum atomic E-state index is -0.488. The second-order valence-electron chi connectivity index (χ2n) is 3.67. The topological polar surface area (TPSA) is 87.0 Å². The molecule has 0 aliphatic carbocycles. The van der Waals surface area contributed by atoms with Gasteiger partial charge in [-0.05, 0) is 6.07 Å². The minimum Gasteiger partial charge on any atom is -0.364 e. The number of piperazine rings is 1. The van der Waals surface area contributed by atoms with Crippen LogP contribution in [0.5, 0.6) is 0 Å². The summed E-state index contributed by atoms with van der Waals surface area (Å²) in [6.45, 7) is 4.85. The quantitative estimate of drug-likeness (QED) is 0.590. The van der Waals surface area contributed by atoms with Crippen LogP contribution < -0.4 is 11.1 Å². The predicted molar refractivity (Wildman–Crippen MR) is 55.3 cm³/mol. The van der Waals surface area contributed by atoms with Gasteiger partial charge in [-0.1, -0.05) is 0 Å². The Kier molecular flexibility index (Phi) is 2.98. The van der Waals surface area contributed by atoms with Gasteiger partial charge in [0.1, 0.15) is 5.69 Å². The molecule has 0 spiro atoms. The zero-order valence-corrected chi connectivity index (χ0v) is 8.49. The fourth-order valence-electron chi connectivity index (χ4n) is 1.68. The van der Waals surface area contributed by atoms with Gasteiger partial charge in [0.05, 0.1) is 5.69 Å². The van der Waals surface area contributed by atoms with E-state index in [1.807, 2.05) is 0 Å². The minimum absolute atomic E-state index is 0.306. The molecule has 0 unspecified atom stereocenters. The maximum Gasteiger partial charge on any atom is 0.269 e. The van der Waals surface area contributed by atoms with Crippen LogP contribution >= 0.6 is 0 Å². The van der Waals surface area contributed by atoms with Crippen LogP contribution in [0.1, 0.15) is 16.2 Å². The van der Waals surface area contributed by atoms with E-state index in [9.17, 15) is 4.79 Å². The molecule has 1 amide bonds. The normalized spacial score (nSPS) is 17.9. The van der Waals surface area contributed by atoms with Crippen molar-refractivity contribution in [3.8, 4) is 0 Å². The molecule has 1 saturated heterocycles. The Bertz CT molecular complexity index is 342. The number of aromatic nitrogens is 2. The van der Waals surface area contributed by atoms with Crippen LogP contribution in [0.25, 0.3) is 0 Å². The van der Waals surface area contributed by atoms with Crippen molar-refractivity contribution in [2.75, 3.05) is 26.2 Å². The van der Waals surface area contributed by atoms with Crippen LogP contribution in [-0.4, -0.2) is 47.2 Å². The second-order valence-corrected chi connectivity index (χ2v) is 3.67. The summed E-state index contributed by atoms with van der Waals surface area (Å²) in [6, 6.07) is 1.71. The first kappa shape index (κ1) is 10.1. The monoisotopic (exact) mass is 209 g/mol. The van der Waals surface area contributed by atoms with E-state index in [1.165, 1.54) is 0 Å². The highest BCUT2D eigenvalue weighted by Crippen LogP contribution is 2.04. The third-order valence-electron chi connectivity index (χ3n) is 2.49. The van der Waals surface area contributed by atoms with E-state index in [-0.39, 0.29) is 0 Å². The first-order chi connectivity index (χ1) is 7.25. The molecular formula is C9H15N5O. The fraction of sp³-hybridized carbons (Fsp3) is 0.556. The molecule has 1 fully saturated rings. The van der Waals surface area contributed by atoms with Gasteiger partial charge in [0, 0.05) is 32.7 Å². The van der Waals surface area contributed by atoms with E-state index < -0.39 is 5.91 Å². The highest BCUT2D eigenvalue weighted by Gasteiger charge is 2.12. The molecule has 0 atom stereocenters. The average molecular weight is 209 g/mol. The summed E-state index contributed by atoms with van der Waals surface area (Å²) in [5.41, 5.74) is 6.36. The van der Waals surface area contributed by atoms with Crippen molar-refractivity contribution in [1.82, 2.24) is 20.4 Å². The molecule has 6 nitrogen and oxygen atoms in total. The first-order valence-corrected chi connectivity index (χ1v) is 5.03. The summed E-state index contributed by atoms with van der Waals surface area (Å²) in [5.74, 6) is -0.488. The molecule has 1 aliphatic rings. The summed E-state index contributed by atoms with van der Waals surface area (Å²) in [4.78, 5) is 13.1. The number of primary amides is 1. The van der Waals surface area contributed by atoms with Gasteiger partial charge in [-0.15, -0.1) is 0 Å². The summed E-state index contributed by atoms with van der Waals surface area (Å²) < 4.78 is 0. The van der Waals surface area contributed by atoms with E-state index >= 15 is 0 Å². The SMILES string of the molecule is NC(=O)c1cc(CN2CCNCC2)[nH]n1. The summed E-state index contributed by atoms with van der Waals surface area (Å²) >= 11 is 0. The van der Waals surface area contributed by atoms with Crippen LogP contribution in [-0.2, 0) is 6.54 Å². The number of rotatable bonds is 3. The highest BCUT2D eigenvalue weighted by atomic mass is 16.1. The molecule has 82 valence electrons. The maximum atomic E-state index is 10.8. The molecule has 1 aromatic rings. The molecule has 2 rings (SSSR count). The van der Waals surface area contributed by atoms with E-state index in [0.29, 0.717) is 5.69 Å². The molecule has 6 heteroatoms. The molecule has 0 radical (unpaired) electrons. The Morgan fingerprint density at radius 3 is 2.87 bits per heavy atom. The number of nitrogens with one attached hydrogen (secondary N) is 2. The van der Waals surface area contributed by atoms with Crippen LogP contribution in [0.15, 0.2) is 6.07 Å². The van der Waals surface area contributed by atoms with Crippen molar-refractivity contribution in [3.63, 3.8) is 0 Å². The average Bonchev–Trinajstić information content (AvgIpc) is 2.68. The molecular weight excluding hydrogens is 194 g/mol. The number of carbonyl (C=O) groups is 1. The van der Waals surface area contributed by atoms with Crippen molar-refractivity contribution >= 4 is 5.91 Å². The number of nitrogens with two attached hydrogens (primary N) is 1. The first-order valence-electron chi connectivity index (χ1n) is 5.03. The zero-order valence-electron chi connectivity index (χ0n) is 8.49. The van der Waals surface area contributed by atoms with Crippen molar-refractivity contribution < 1.29 is 4.79 Å². The van der Waals surface area contributed by atoms with Gasteiger partial charge in [-0.3, -0.25) is 14.8 Å². The number of nitrogens with zero attached hydrogens (tertiary/aromatic N) is 2. The van der Waals surface area contributed by atoms with E-state index in [0.717, 1.165) is 38.4 Å². The van der Waals surface area contributed by atoms with Gasteiger partial charge < -0.3 is 11.1 Å². The van der Waals surface area contributed by atoms with E-state index in [1.54, 1.807) is 6.07 Å². The smallest absolute Gasteiger partial charge is 0.269 e. The number of carbonyl (C=O) groups excluding carboxylic acids is 1. The molecule has 1 aromatic heterocycles. The van der Waals surface area contributed by atoms with Crippen LogP contribution in [0.2, 0.25) is 0 Å². The highest BCUT2D eigenvalue weighted by molar-refractivity contribution is 5.90. The standard InChI is InChI=1S/C9H15N5O/c10-9(15)8-5-7(12-13-8)6-14-3-1-11-2-4-14/h5,11H,1-4,6H2,(H2,10,15)(H,12,13). The van der Waals surface area contributed by atoms with Gasteiger partial charge in [0.25, 0.3) is 5.91 Å². The Morgan fingerprint density at radius 2 is 2.27 bits per heavy atom. The van der Waals surface area contributed by atoms with E-state index in [4.69, 9.17) is 5.73 Å². The molecule has 1 aliphatic heterocycles. The molecule has 4 N–H and O–H groups in total. The Labute approximate surface area is 87.8 Å². The van der Waals surface area contributed by atoms with Crippen molar-refractivity contribution in [3.05, 3.63) is 17.5 Å². The lowest BCUT2D eigenvalue weighted by molar-refractivity contribution is 0.0995. The Balaban J connectivity index is 1.94. The predicted octanol–water partition coefficient (Wildman–Crippen LogP) is -1.09. The lowest BCUT2D eigenvalue weighted by atomic mass is 10.3. The van der Waals surface area contributed by atoms with Gasteiger partial charge in [0.2, 0.25) is 0 Å². The number of hydrogen-bond donors (Lipinski definition) is 3. The number of amides is 1. The summed E-state index contributed by atoms with van der Waals surface area (Å²) in [5, 5.41) is 9.94. The van der Waals surface area contributed by atoms with E-state index in [2.05, 4.69) is 20.4 Å². The fourth-order valence-corrected chi connectivity index (χ4v) is 1.68. The van der Waals surface area contributed by atoms with Crippen LogP contribution in [0.3, 0.4) is 0 Å². The molecule has 2 heterocycles. The number of hydrogen-bond acceptors (Lipinski definition) is 4. The van der Waals surface area contributed by atoms with Gasteiger partial charge in [0.15, 0.2) is 0 Å². The zero-order chi connectivity index (χ0) is 10.7. The van der Waals surface area contributed by atoms with Crippen molar-refractivity contribution in [1.29, 1.82) is 0 Å².